The highest BCUT2D eigenvalue weighted by molar-refractivity contribution is 9.10. The van der Waals surface area contributed by atoms with Gasteiger partial charge >= 0.3 is 0 Å². The molecule has 1 aromatic heterocycles. The first-order valence-corrected chi connectivity index (χ1v) is 5.51. The Bertz CT molecular complexity index is 497. The molecule has 0 aliphatic rings. The highest BCUT2D eigenvalue weighted by Gasteiger charge is 1.97. The molecule has 0 radical (unpaired) electrons. The maximum absolute atomic E-state index is 10.6. The number of aromatic nitrogens is 1. The number of nitrogens with zero attached hydrogens (tertiary/aromatic N) is 1. The molecule has 2 aromatic rings. The van der Waals surface area contributed by atoms with Crippen LogP contribution in [0.25, 0.3) is 0 Å². The molecule has 0 atom stereocenters. The number of hydrogen-bond donors (Lipinski definition) is 1. The summed E-state index contributed by atoms with van der Waals surface area (Å²) in [6.45, 7) is 0. The standard InChI is InChI=1S/C12H9BrN2O/c13-10-1-3-11(4-2-10)15-12-7-9(8-16)5-6-14-12/h1-8H,(H,14,15). The van der Waals surface area contributed by atoms with Gasteiger partial charge in [0.25, 0.3) is 0 Å². The fourth-order valence-electron chi connectivity index (χ4n) is 1.27. The molecular weight excluding hydrogens is 268 g/mol. The van der Waals surface area contributed by atoms with Crippen LogP contribution in [0.2, 0.25) is 0 Å². The highest BCUT2D eigenvalue weighted by Crippen LogP contribution is 2.18. The number of pyridine rings is 1. The molecule has 0 aliphatic heterocycles. The van der Waals surface area contributed by atoms with Crippen LogP contribution in [0.15, 0.2) is 47.1 Å². The number of halogens is 1. The van der Waals surface area contributed by atoms with E-state index in [1.807, 2.05) is 24.3 Å². The topological polar surface area (TPSA) is 42.0 Å². The summed E-state index contributed by atoms with van der Waals surface area (Å²) in [7, 11) is 0. The van der Waals surface area contributed by atoms with E-state index in [2.05, 4.69) is 26.2 Å². The number of benzene rings is 1. The number of hydrogen-bond acceptors (Lipinski definition) is 3. The van der Waals surface area contributed by atoms with Crippen molar-refractivity contribution in [1.82, 2.24) is 4.98 Å². The van der Waals surface area contributed by atoms with Gasteiger partial charge in [-0.3, -0.25) is 4.79 Å². The summed E-state index contributed by atoms with van der Waals surface area (Å²) in [4.78, 5) is 14.7. The Labute approximate surface area is 102 Å². The maximum atomic E-state index is 10.6. The first kappa shape index (κ1) is 10.8. The average Bonchev–Trinajstić information content (AvgIpc) is 2.32. The molecule has 0 amide bonds. The Balaban J connectivity index is 2.20. The molecular formula is C12H9BrN2O. The summed E-state index contributed by atoms with van der Waals surface area (Å²) >= 11 is 3.36. The Morgan fingerprint density at radius 1 is 1.19 bits per heavy atom. The van der Waals surface area contributed by atoms with E-state index in [1.165, 1.54) is 0 Å². The smallest absolute Gasteiger partial charge is 0.150 e. The average molecular weight is 277 g/mol. The first-order chi connectivity index (χ1) is 7.78. The van der Waals surface area contributed by atoms with Crippen LogP contribution in [0.4, 0.5) is 11.5 Å². The van der Waals surface area contributed by atoms with Crippen LogP contribution in [-0.4, -0.2) is 11.3 Å². The summed E-state index contributed by atoms with van der Waals surface area (Å²) in [5, 5.41) is 3.12. The van der Waals surface area contributed by atoms with Crippen LogP contribution in [0.1, 0.15) is 10.4 Å². The summed E-state index contributed by atoms with van der Waals surface area (Å²) in [6.07, 6.45) is 2.40. The Morgan fingerprint density at radius 3 is 2.62 bits per heavy atom. The lowest BCUT2D eigenvalue weighted by Gasteiger charge is -2.05. The van der Waals surface area contributed by atoms with Gasteiger partial charge in [0, 0.05) is 21.9 Å². The summed E-state index contributed by atoms with van der Waals surface area (Å²) < 4.78 is 1.02. The monoisotopic (exact) mass is 276 g/mol. The van der Waals surface area contributed by atoms with E-state index in [0.717, 1.165) is 16.4 Å². The SMILES string of the molecule is O=Cc1ccnc(Nc2ccc(Br)cc2)c1. The largest absolute Gasteiger partial charge is 0.340 e. The minimum atomic E-state index is 0.606. The fraction of sp³-hybridized carbons (Fsp3) is 0. The van der Waals surface area contributed by atoms with Crippen LogP contribution in [0.3, 0.4) is 0 Å². The van der Waals surface area contributed by atoms with E-state index in [-0.39, 0.29) is 0 Å². The predicted molar refractivity (Wildman–Crippen MR) is 67.0 cm³/mol. The van der Waals surface area contributed by atoms with Crippen molar-refractivity contribution >= 4 is 33.7 Å². The van der Waals surface area contributed by atoms with Gasteiger partial charge in [0.15, 0.2) is 0 Å². The number of nitrogens with one attached hydrogen (secondary N) is 1. The number of carbonyl (C=O) groups is 1. The molecule has 0 unspecified atom stereocenters. The van der Waals surface area contributed by atoms with Gasteiger partial charge in [-0.2, -0.15) is 0 Å². The van der Waals surface area contributed by atoms with Crippen molar-refractivity contribution in [1.29, 1.82) is 0 Å². The number of aldehydes is 1. The molecule has 0 spiro atoms. The molecule has 0 saturated heterocycles. The van der Waals surface area contributed by atoms with Crippen molar-refractivity contribution in [3.05, 3.63) is 52.6 Å². The van der Waals surface area contributed by atoms with Gasteiger partial charge < -0.3 is 5.32 Å². The lowest BCUT2D eigenvalue weighted by Crippen LogP contribution is -1.94. The van der Waals surface area contributed by atoms with Crippen molar-refractivity contribution in [3.8, 4) is 0 Å². The van der Waals surface area contributed by atoms with Crippen LogP contribution in [-0.2, 0) is 0 Å². The molecule has 0 saturated carbocycles. The molecule has 0 bridgehead atoms. The van der Waals surface area contributed by atoms with Gasteiger partial charge in [-0.15, -0.1) is 0 Å². The second-order valence-corrected chi connectivity index (χ2v) is 4.14. The molecule has 3 nitrogen and oxygen atoms in total. The molecule has 2 rings (SSSR count). The van der Waals surface area contributed by atoms with Crippen LogP contribution >= 0.6 is 15.9 Å². The summed E-state index contributed by atoms with van der Waals surface area (Å²) in [6, 6.07) is 11.1. The number of anilines is 2. The zero-order valence-corrected chi connectivity index (χ0v) is 9.94. The normalized spacial score (nSPS) is 9.81. The van der Waals surface area contributed by atoms with E-state index in [0.29, 0.717) is 11.4 Å². The molecule has 80 valence electrons. The molecule has 16 heavy (non-hydrogen) atoms. The van der Waals surface area contributed by atoms with E-state index in [1.54, 1.807) is 18.3 Å². The van der Waals surface area contributed by atoms with E-state index in [4.69, 9.17) is 0 Å². The zero-order valence-electron chi connectivity index (χ0n) is 8.35. The van der Waals surface area contributed by atoms with Gasteiger partial charge in [-0.1, -0.05) is 15.9 Å². The van der Waals surface area contributed by atoms with Gasteiger partial charge in [0.05, 0.1) is 0 Å². The van der Waals surface area contributed by atoms with Crippen LogP contribution < -0.4 is 5.32 Å². The van der Waals surface area contributed by atoms with E-state index < -0.39 is 0 Å². The Hall–Kier alpha value is -1.68. The van der Waals surface area contributed by atoms with Crippen molar-refractivity contribution in [2.24, 2.45) is 0 Å². The third-order valence-electron chi connectivity index (χ3n) is 2.04. The molecule has 1 aromatic carbocycles. The molecule has 1 N–H and O–H groups in total. The predicted octanol–water partition coefficient (Wildman–Crippen LogP) is 3.40. The summed E-state index contributed by atoms with van der Waals surface area (Å²) in [5.74, 6) is 0.659. The maximum Gasteiger partial charge on any atom is 0.150 e. The quantitative estimate of drug-likeness (QED) is 0.874. The highest BCUT2D eigenvalue weighted by atomic mass is 79.9. The van der Waals surface area contributed by atoms with Crippen molar-refractivity contribution in [2.75, 3.05) is 5.32 Å². The Morgan fingerprint density at radius 2 is 1.94 bits per heavy atom. The fourth-order valence-corrected chi connectivity index (χ4v) is 1.53. The minimum absolute atomic E-state index is 0.606. The zero-order chi connectivity index (χ0) is 11.4. The van der Waals surface area contributed by atoms with Crippen molar-refractivity contribution in [2.45, 2.75) is 0 Å². The lowest BCUT2D eigenvalue weighted by atomic mass is 10.3. The number of rotatable bonds is 3. The van der Waals surface area contributed by atoms with Gasteiger partial charge in [-0.25, -0.2) is 4.98 Å². The number of carbonyl (C=O) groups excluding carboxylic acids is 1. The van der Waals surface area contributed by atoms with Gasteiger partial charge in [0.2, 0.25) is 0 Å². The van der Waals surface area contributed by atoms with E-state index >= 15 is 0 Å². The minimum Gasteiger partial charge on any atom is -0.340 e. The Kier molecular flexibility index (Phi) is 3.31. The van der Waals surface area contributed by atoms with Crippen molar-refractivity contribution < 1.29 is 4.79 Å². The third-order valence-corrected chi connectivity index (χ3v) is 2.57. The molecule has 0 fully saturated rings. The van der Waals surface area contributed by atoms with Crippen LogP contribution in [0.5, 0.6) is 0 Å². The summed E-state index contributed by atoms with van der Waals surface area (Å²) in [5.41, 5.74) is 1.54. The third kappa shape index (κ3) is 2.67. The van der Waals surface area contributed by atoms with Crippen LogP contribution in [0, 0.1) is 0 Å². The second kappa shape index (κ2) is 4.90. The molecule has 1 heterocycles. The molecule has 0 aliphatic carbocycles. The first-order valence-electron chi connectivity index (χ1n) is 4.72. The van der Waals surface area contributed by atoms with E-state index in [9.17, 15) is 4.79 Å². The van der Waals surface area contributed by atoms with Crippen molar-refractivity contribution in [3.63, 3.8) is 0 Å². The molecule has 4 heteroatoms. The second-order valence-electron chi connectivity index (χ2n) is 3.22. The lowest BCUT2D eigenvalue weighted by molar-refractivity contribution is 0.112. The van der Waals surface area contributed by atoms with Gasteiger partial charge in [0.1, 0.15) is 12.1 Å². The van der Waals surface area contributed by atoms with Gasteiger partial charge in [-0.05, 0) is 36.4 Å².